The number of sulfonamides is 1. The van der Waals surface area contributed by atoms with Gasteiger partial charge in [0.05, 0.1) is 33.4 Å². The van der Waals surface area contributed by atoms with Crippen LogP contribution in [0.3, 0.4) is 0 Å². The number of anilines is 1. The van der Waals surface area contributed by atoms with Gasteiger partial charge in [-0.05, 0) is 60.5 Å². The molecule has 0 spiro atoms. The number of hydrogen-bond donors (Lipinski definition) is 1. The molecule has 4 rings (SSSR count). The largest absolute Gasteiger partial charge is 0.490 e. The van der Waals surface area contributed by atoms with Gasteiger partial charge in [-0.3, -0.25) is 9.10 Å². The fourth-order valence-electron chi connectivity index (χ4n) is 3.78. The number of nitrogens with one attached hydrogen (secondary N) is 1. The topological polar surface area (TPSA) is 97.3 Å². The first-order valence-electron chi connectivity index (χ1n) is 12.6. The van der Waals surface area contributed by atoms with E-state index in [2.05, 4.69) is 10.5 Å². The highest BCUT2D eigenvalue weighted by molar-refractivity contribution is 7.92. The lowest BCUT2D eigenvalue weighted by atomic mass is 10.2. The molecule has 0 bridgehead atoms. The predicted octanol–water partition coefficient (Wildman–Crippen LogP) is 6.32. The van der Waals surface area contributed by atoms with Crippen LogP contribution in [0.4, 0.5) is 5.69 Å². The highest BCUT2D eigenvalue weighted by atomic mass is 35.5. The average Bonchev–Trinajstić information content (AvgIpc) is 2.98. The highest BCUT2D eigenvalue weighted by Crippen LogP contribution is 2.35. The Morgan fingerprint density at radius 1 is 0.902 bits per heavy atom. The number of nitrogens with zero attached hydrogens (tertiary/aromatic N) is 2. The summed E-state index contributed by atoms with van der Waals surface area (Å²) in [7, 11) is -4.16. The molecule has 0 unspecified atom stereocenters. The van der Waals surface area contributed by atoms with Crippen molar-refractivity contribution in [2.24, 2.45) is 5.10 Å². The smallest absolute Gasteiger partial charge is 0.264 e. The van der Waals surface area contributed by atoms with Crippen LogP contribution in [0.2, 0.25) is 10.0 Å². The van der Waals surface area contributed by atoms with Crippen molar-refractivity contribution in [2.45, 2.75) is 18.4 Å². The van der Waals surface area contributed by atoms with Crippen LogP contribution in [0.25, 0.3) is 0 Å². The Bertz CT molecular complexity index is 1620. The van der Waals surface area contributed by atoms with Crippen molar-refractivity contribution in [3.63, 3.8) is 0 Å². The van der Waals surface area contributed by atoms with Gasteiger partial charge in [-0.1, -0.05) is 77.8 Å². The Kier molecular flexibility index (Phi) is 10.2. The zero-order valence-corrected chi connectivity index (χ0v) is 24.4. The zero-order valence-electron chi connectivity index (χ0n) is 22.0. The van der Waals surface area contributed by atoms with Gasteiger partial charge in [0.1, 0.15) is 13.2 Å². The van der Waals surface area contributed by atoms with Gasteiger partial charge in [-0.25, -0.2) is 13.8 Å². The Hall–Kier alpha value is -4.05. The van der Waals surface area contributed by atoms with Gasteiger partial charge in [-0.15, -0.1) is 0 Å². The third-order valence-electron chi connectivity index (χ3n) is 5.73. The number of ether oxygens (including phenoxy) is 2. The molecule has 0 atom stereocenters. The number of rotatable bonds is 12. The van der Waals surface area contributed by atoms with Crippen molar-refractivity contribution in [3.05, 3.63) is 118 Å². The summed E-state index contributed by atoms with van der Waals surface area (Å²) in [6.07, 6.45) is 1.42. The van der Waals surface area contributed by atoms with Crippen LogP contribution in [0.15, 0.2) is 107 Å². The Morgan fingerprint density at radius 3 is 2.32 bits per heavy atom. The normalized spacial score (nSPS) is 11.3. The van der Waals surface area contributed by atoms with E-state index in [1.165, 1.54) is 30.5 Å². The molecule has 1 N–H and O–H groups in total. The van der Waals surface area contributed by atoms with E-state index in [0.29, 0.717) is 30.3 Å². The van der Waals surface area contributed by atoms with Crippen molar-refractivity contribution in [1.29, 1.82) is 0 Å². The molecule has 0 saturated carbocycles. The van der Waals surface area contributed by atoms with Crippen LogP contribution in [0, 0.1) is 0 Å². The van der Waals surface area contributed by atoms with E-state index in [0.717, 1.165) is 9.87 Å². The molecular weight excluding hydrogens is 585 g/mol. The summed E-state index contributed by atoms with van der Waals surface area (Å²) < 4.78 is 39.5. The molecule has 212 valence electrons. The summed E-state index contributed by atoms with van der Waals surface area (Å²) in [6, 6.07) is 27.3. The van der Waals surface area contributed by atoms with Gasteiger partial charge >= 0.3 is 0 Å². The second kappa shape index (κ2) is 14.0. The molecule has 0 fully saturated rings. The highest BCUT2D eigenvalue weighted by Gasteiger charge is 2.29. The van der Waals surface area contributed by atoms with E-state index in [1.54, 1.807) is 42.5 Å². The average molecular weight is 613 g/mol. The first kappa shape index (κ1) is 29.9. The van der Waals surface area contributed by atoms with Crippen LogP contribution < -0.4 is 19.2 Å². The molecular formula is C30H27Cl2N3O5S. The fraction of sp³-hybridized carbons (Fsp3) is 0.133. The summed E-state index contributed by atoms with van der Waals surface area (Å²) in [5.74, 6) is 0.399. The monoisotopic (exact) mass is 611 g/mol. The molecule has 0 heterocycles. The molecule has 41 heavy (non-hydrogen) atoms. The van der Waals surface area contributed by atoms with Crippen molar-refractivity contribution in [2.75, 3.05) is 17.5 Å². The Balaban J connectivity index is 1.49. The van der Waals surface area contributed by atoms with Crippen LogP contribution >= 0.6 is 23.2 Å². The standard InChI is InChI=1S/C30H27Cl2N3O5S/c1-2-39-28-18-23(16-17-27(28)40-21-22-10-5-3-6-11-22)19-33-34-29(36)20-35(26-15-9-14-25(31)30(26)32)41(37,38)24-12-7-4-8-13-24/h3-19H,2,20-21H2,1H3,(H,34,36)/b33-19-. The van der Waals surface area contributed by atoms with E-state index >= 15 is 0 Å². The van der Waals surface area contributed by atoms with E-state index in [9.17, 15) is 13.2 Å². The number of amides is 1. The van der Waals surface area contributed by atoms with Gasteiger partial charge in [0, 0.05) is 0 Å². The Labute approximate surface area is 249 Å². The zero-order chi connectivity index (χ0) is 29.2. The number of carbonyl (C=O) groups excluding carboxylic acids is 1. The number of halogens is 2. The van der Waals surface area contributed by atoms with Crippen molar-refractivity contribution in [3.8, 4) is 11.5 Å². The minimum atomic E-state index is -4.16. The molecule has 0 saturated heterocycles. The third-order valence-corrected chi connectivity index (χ3v) is 8.31. The summed E-state index contributed by atoms with van der Waals surface area (Å²) in [5.41, 5.74) is 4.09. The minimum absolute atomic E-state index is 0.00278. The fourth-order valence-corrected chi connectivity index (χ4v) is 5.68. The molecule has 8 nitrogen and oxygen atoms in total. The van der Waals surface area contributed by atoms with Crippen molar-refractivity contribution < 1.29 is 22.7 Å². The maximum absolute atomic E-state index is 13.5. The molecule has 0 aliphatic rings. The molecule has 0 aromatic heterocycles. The first-order chi connectivity index (χ1) is 19.8. The molecule has 4 aromatic rings. The van der Waals surface area contributed by atoms with Crippen LogP contribution in [0.1, 0.15) is 18.1 Å². The molecule has 11 heteroatoms. The van der Waals surface area contributed by atoms with Gasteiger partial charge in [0.15, 0.2) is 11.5 Å². The summed E-state index contributed by atoms with van der Waals surface area (Å²) in [6.45, 7) is 2.08. The molecule has 4 aromatic carbocycles. The van der Waals surface area contributed by atoms with E-state index < -0.39 is 22.5 Å². The molecule has 1 amide bonds. The molecule has 0 aliphatic carbocycles. The second-order valence-corrected chi connectivity index (χ2v) is 11.3. The maximum atomic E-state index is 13.5. The lowest BCUT2D eigenvalue weighted by Crippen LogP contribution is -2.39. The number of hydrazone groups is 1. The van der Waals surface area contributed by atoms with E-state index in [1.807, 2.05) is 37.3 Å². The van der Waals surface area contributed by atoms with Crippen molar-refractivity contribution >= 4 is 51.0 Å². The predicted molar refractivity (Wildman–Crippen MR) is 162 cm³/mol. The van der Waals surface area contributed by atoms with Crippen molar-refractivity contribution in [1.82, 2.24) is 5.43 Å². The van der Waals surface area contributed by atoms with E-state index in [4.69, 9.17) is 32.7 Å². The van der Waals surface area contributed by atoms with Crippen LogP contribution in [-0.2, 0) is 21.4 Å². The number of hydrogen-bond acceptors (Lipinski definition) is 6. The summed E-state index contributed by atoms with van der Waals surface area (Å²) in [4.78, 5) is 12.9. The van der Waals surface area contributed by atoms with Crippen LogP contribution in [0.5, 0.6) is 11.5 Å². The van der Waals surface area contributed by atoms with Gasteiger partial charge in [-0.2, -0.15) is 5.10 Å². The first-order valence-corrected chi connectivity index (χ1v) is 14.8. The Morgan fingerprint density at radius 2 is 1.61 bits per heavy atom. The SMILES string of the molecule is CCOc1cc(/C=N\NC(=O)CN(c2cccc(Cl)c2Cl)S(=O)(=O)c2ccccc2)ccc1OCc1ccccc1. The molecule has 0 aliphatic heterocycles. The second-order valence-electron chi connectivity index (χ2n) is 8.60. The summed E-state index contributed by atoms with van der Waals surface area (Å²) >= 11 is 12.5. The quantitative estimate of drug-likeness (QED) is 0.149. The van der Waals surface area contributed by atoms with Gasteiger partial charge < -0.3 is 9.47 Å². The van der Waals surface area contributed by atoms with Gasteiger partial charge in [0.2, 0.25) is 0 Å². The summed E-state index contributed by atoms with van der Waals surface area (Å²) in [5, 5.41) is 4.16. The minimum Gasteiger partial charge on any atom is -0.490 e. The lowest BCUT2D eigenvalue weighted by Gasteiger charge is -2.24. The molecule has 0 radical (unpaired) electrons. The number of carbonyl (C=O) groups is 1. The van der Waals surface area contributed by atoms with E-state index in [-0.39, 0.29) is 20.6 Å². The maximum Gasteiger partial charge on any atom is 0.264 e. The lowest BCUT2D eigenvalue weighted by molar-refractivity contribution is -0.119. The van der Waals surface area contributed by atoms with Crippen LogP contribution in [-0.4, -0.2) is 33.7 Å². The number of benzene rings is 4. The third kappa shape index (κ3) is 7.79. The van der Waals surface area contributed by atoms with Gasteiger partial charge in [0.25, 0.3) is 15.9 Å².